The molecule has 0 amide bonds. The van der Waals surface area contributed by atoms with Gasteiger partial charge in [-0.1, -0.05) is 103 Å². The monoisotopic (exact) mass is 514 g/mol. The van der Waals surface area contributed by atoms with Gasteiger partial charge in [-0.3, -0.25) is 4.79 Å². The Bertz CT molecular complexity index is 1460. The molecule has 0 N–H and O–H groups in total. The summed E-state index contributed by atoms with van der Waals surface area (Å²) in [6, 6.07) is 34.5. The van der Waals surface area contributed by atoms with Gasteiger partial charge in [-0.15, -0.1) is 12.6 Å². The molecule has 0 heterocycles. The van der Waals surface area contributed by atoms with Crippen molar-refractivity contribution in [1.82, 2.24) is 0 Å². The molecular formula is C34H31BO2S. The predicted molar refractivity (Wildman–Crippen MR) is 161 cm³/mol. The smallest absolute Gasteiger partial charge is 0.187 e. The zero-order chi connectivity index (χ0) is 26.3. The first-order valence-electron chi connectivity index (χ1n) is 13.6. The van der Waals surface area contributed by atoms with Crippen LogP contribution in [-0.4, -0.2) is 18.6 Å². The normalized spacial score (nSPS) is 15.3. The Morgan fingerprint density at radius 2 is 0.947 bits per heavy atom. The topological polar surface area (TPSA) is 34.1 Å². The number of carbonyl (C=O) groups is 2. The summed E-state index contributed by atoms with van der Waals surface area (Å²) in [6.07, 6.45) is 4.37. The van der Waals surface area contributed by atoms with Crippen LogP contribution >= 0.6 is 12.6 Å². The van der Waals surface area contributed by atoms with E-state index in [0.717, 1.165) is 25.7 Å². The first-order valence-corrected chi connectivity index (χ1v) is 14.0. The molecule has 0 spiro atoms. The Balaban J connectivity index is 1.42. The van der Waals surface area contributed by atoms with E-state index in [4.69, 9.17) is 0 Å². The molecule has 0 aromatic heterocycles. The molecule has 0 bridgehead atoms. The van der Waals surface area contributed by atoms with Gasteiger partial charge in [0.1, 0.15) is 0 Å². The Morgan fingerprint density at radius 3 is 1.34 bits per heavy atom. The molecule has 38 heavy (non-hydrogen) atoms. The van der Waals surface area contributed by atoms with E-state index in [1.165, 1.54) is 44.5 Å². The number of rotatable bonds is 9. The van der Waals surface area contributed by atoms with Gasteiger partial charge >= 0.3 is 0 Å². The van der Waals surface area contributed by atoms with Crippen LogP contribution in [0.2, 0.25) is 0 Å². The molecule has 0 unspecified atom stereocenters. The minimum absolute atomic E-state index is 0.0714. The van der Waals surface area contributed by atoms with Gasteiger partial charge in [0, 0.05) is 23.7 Å². The maximum absolute atomic E-state index is 12.8. The summed E-state index contributed by atoms with van der Waals surface area (Å²) < 4.78 is 0. The third kappa shape index (κ3) is 3.89. The fourth-order valence-corrected chi connectivity index (χ4v) is 7.59. The second-order valence-electron chi connectivity index (χ2n) is 11.0. The van der Waals surface area contributed by atoms with Crippen molar-refractivity contribution < 1.29 is 9.59 Å². The second-order valence-corrected chi connectivity index (χ2v) is 11.5. The molecule has 2 aliphatic rings. The summed E-state index contributed by atoms with van der Waals surface area (Å²) in [5, 5.41) is -0.0714. The fraction of sp³-hybridized carbons (Fsp3) is 0.235. The van der Waals surface area contributed by atoms with E-state index < -0.39 is 0 Å². The van der Waals surface area contributed by atoms with Crippen LogP contribution in [0.4, 0.5) is 0 Å². The summed E-state index contributed by atoms with van der Waals surface area (Å²) in [5.41, 5.74) is 9.81. The molecular weight excluding hydrogens is 483 g/mol. The Kier molecular flexibility index (Phi) is 6.40. The summed E-state index contributed by atoms with van der Waals surface area (Å²) >= 11 is 4.15. The SMILES string of the molecule is BC(=O)CC1(CCCC2(CCC(=O)S)c3ccccc3-c3ccccc32)c2ccccc2-c2ccccc21. The molecule has 0 saturated carbocycles. The average Bonchev–Trinajstić information content (AvgIpc) is 3.36. The van der Waals surface area contributed by atoms with Crippen molar-refractivity contribution >= 4 is 31.3 Å². The second kappa shape index (κ2) is 9.74. The third-order valence-corrected chi connectivity index (χ3v) is 9.10. The molecule has 0 saturated heterocycles. The standard InChI is InChI=1S/C34H31BO2S/c35-31(36)22-34(29-16-7-3-12-25(29)26-13-4-8-17-30(26)34)20-9-19-33(21-18-32(37)38)27-14-5-1-10-23(27)24-11-2-6-15-28(24)33/h1-8,10-17H,9,18-22,35H2,(H,37,38). The number of benzene rings is 4. The van der Waals surface area contributed by atoms with E-state index in [0.29, 0.717) is 12.8 Å². The minimum Gasteiger partial charge on any atom is -0.312 e. The largest absolute Gasteiger partial charge is 0.312 e. The molecule has 2 aliphatic carbocycles. The van der Waals surface area contributed by atoms with Gasteiger partial charge in [0.25, 0.3) is 0 Å². The lowest BCUT2D eigenvalue weighted by molar-refractivity contribution is -0.113. The lowest BCUT2D eigenvalue weighted by Crippen LogP contribution is -2.31. The van der Waals surface area contributed by atoms with E-state index in [9.17, 15) is 9.59 Å². The summed E-state index contributed by atoms with van der Waals surface area (Å²) in [6.45, 7) is 0. The van der Waals surface area contributed by atoms with Crippen LogP contribution in [0, 0.1) is 0 Å². The van der Waals surface area contributed by atoms with Gasteiger partial charge < -0.3 is 4.79 Å². The number of hydrogen-bond acceptors (Lipinski definition) is 2. The summed E-state index contributed by atoms with van der Waals surface area (Å²) in [5.74, 6) is 0. The zero-order valence-electron chi connectivity index (χ0n) is 21.7. The van der Waals surface area contributed by atoms with E-state index in [2.05, 4.69) is 110 Å². The molecule has 2 nitrogen and oxygen atoms in total. The summed E-state index contributed by atoms with van der Waals surface area (Å²) in [4.78, 5) is 24.9. The molecule has 4 heteroatoms. The highest BCUT2D eigenvalue weighted by molar-refractivity contribution is 7.96. The van der Waals surface area contributed by atoms with E-state index >= 15 is 0 Å². The lowest BCUT2D eigenvalue weighted by Gasteiger charge is -2.36. The summed E-state index contributed by atoms with van der Waals surface area (Å²) in [7, 11) is 1.72. The van der Waals surface area contributed by atoms with Crippen molar-refractivity contribution in [1.29, 1.82) is 0 Å². The number of hydrogen-bond donors (Lipinski definition) is 1. The molecule has 0 atom stereocenters. The zero-order valence-corrected chi connectivity index (χ0v) is 22.6. The van der Waals surface area contributed by atoms with Crippen molar-refractivity contribution in [2.75, 3.05) is 0 Å². The third-order valence-electron chi connectivity index (χ3n) is 8.87. The van der Waals surface area contributed by atoms with Gasteiger partial charge in [-0.05, 0) is 63.8 Å². The quantitative estimate of drug-likeness (QED) is 0.195. The highest BCUT2D eigenvalue weighted by atomic mass is 32.1. The maximum Gasteiger partial charge on any atom is 0.187 e. The average molecular weight is 514 g/mol. The Labute approximate surface area is 231 Å². The van der Waals surface area contributed by atoms with Crippen LogP contribution in [0.25, 0.3) is 22.3 Å². The molecule has 0 fully saturated rings. The van der Waals surface area contributed by atoms with Crippen LogP contribution in [0.1, 0.15) is 60.8 Å². The predicted octanol–water partition coefficient (Wildman–Crippen LogP) is 6.88. The molecule has 6 rings (SSSR count). The van der Waals surface area contributed by atoms with Crippen LogP contribution in [0.15, 0.2) is 97.1 Å². The highest BCUT2D eigenvalue weighted by Crippen LogP contribution is 2.57. The Hall–Kier alpha value is -3.37. The van der Waals surface area contributed by atoms with E-state index in [1.54, 1.807) is 7.85 Å². The minimum atomic E-state index is -0.336. The van der Waals surface area contributed by atoms with Crippen molar-refractivity contribution in [3.8, 4) is 22.3 Å². The van der Waals surface area contributed by atoms with Gasteiger partial charge in [0.15, 0.2) is 13.0 Å². The maximum atomic E-state index is 12.8. The van der Waals surface area contributed by atoms with Crippen LogP contribution in [0.5, 0.6) is 0 Å². The molecule has 188 valence electrons. The van der Waals surface area contributed by atoms with Crippen LogP contribution in [-0.2, 0) is 20.4 Å². The lowest BCUT2D eigenvalue weighted by atomic mass is 9.66. The Morgan fingerprint density at radius 1 is 0.579 bits per heavy atom. The van der Waals surface area contributed by atoms with Crippen molar-refractivity contribution in [2.45, 2.75) is 49.4 Å². The van der Waals surface area contributed by atoms with Crippen molar-refractivity contribution in [3.63, 3.8) is 0 Å². The van der Waals surface area contributed by atoms with Crippen molar-refractivity contribution in [2.24, 2.45) is 0 Å². The highest BCUT2D eigenvalue weighted by Gasteiger charge is 2.46. The molecule has 0 radical (unpaired) electrons. The van der Waals surface area contributed by atoms with Gasteiger partial charge in [-0.25, -0.2) is 0 Å². The van der Waals surface area contributed by atoms with Gasteiger partial charge in [-0.2, -0.15) is 0 Å². The van der Waals surface area contributed by atoms with E-state index in [-0.39, 0.29) is 21.6 Å². The first kappa shape index (κ1) is 24.9. The van der Waals surface area contributed by atoms with Crippen LogP contribution < -0.4 is 0 Å². The molecule has 4 aromatic carbocycles. The first-order chi connectivity index (χ1) is 18.5. The number of fused-ring (bicyclic) bond motifs is 6. The molecule has 4 aromatic rings. The van der Waals surface area contributed by atoms with Crippen molar-refractivity contribution in [3.05, 3.63) is 119 Å². The number of carbonyl (C=O) groups excluding carboxylic acids is 2. The van der Waals surface area contributed by atoms with Gasteiger partial charge in [0.05, 0.1) is 5.68 Å². The van der Waals surface area contributed by atoms with Gasteiger partial charge in [0.2, 0.25) is 0 Å². The molecule has 0 aliphatic heterocycles. The van der Waals surface area contributed by atoms with E-state index in [1.807, 2.05) is 0 Å². The van der Waals surface area contributed by atoms with Crippen LogP contribution in [0.3, 0.4) is 0 Å². The fourth-order valence-electron chi connectivity index (χ4n) is 7.48. The number of thiol groups is 1.